The number of azide groups is 1. The molecule has 0 N–H and O–H groups in total. The van der Waals surface area contributed by atoms with Gasteiger partial charge < -0.3 is 0 Å². The van der Waals surface area contributed by atoms with Crippen LogP contribution in [0.1, 0.15) is 0 Å². The molecule has 0 unspecified atom stereocenters. The highest BCUT2D eigenvalue weighted by molar-refractivity contribution is 5.77. The van der Waals surface area contributed by atoms with Crippen molar-refractivity contribution in [2.75, 3.05) is 0 Å². The Kier molecular flexibility index (Phi) is 3.68. The number of benzene rings is 1. The Balaban J connectivity index is 2.23. The van der Waals surface area contributed by atoms with Crippen molar-refractivity contribution in [1.82, 2.24) is 9.55 Å². The summed E-state index contributed by atoms with van der Waals surface area (Å²) in [6.07, 6.45) is 5.02. The molecule has 0 spiro atoms. The summed E-state index contributed by atoms with van der Waals surface area (Å²) in [7, 11) is 0. The largest absolute Gasteiger partial charge is 0.284 e. The third kappa shape index (κ3) is 2.59. The molecule has 106 valence electrons. The standard InChI is InChI=1S/C16H11N5O/c17-20-19-15-5-4-13(21-10-2-1-3-16(21)22)11-14(15)12-6-8-18-9-7-12/h1-11H. The molecule has 0 atom stereocenters. The lowest BCUT2D eigenvalue weighted by molar-refractivity contribution is 0.991. The van der Waals surface area contributed by atoms with Crippen LogP contribution in [-0.2, 0) is 0 Å². The van der Waals surface area contributed by atoms with Crippen molar-refractivity contribution < 1.29 is 0 Å². The second kappa shape index (κ2) is 5.95. The van der Waals surface area contributed by atoms with Crippen molar-refractivity contribution in [2.45, 2.75) is 0 Å². The molecule has 0 amide bonds. The van der Waals surface area contributed by atoms with E-state index in [1.54, 1.807) is 42.9 Å². The van der Waals surface area contributed by atoms with Crippen molar-refractivity contribution in [2.24, 2.45) is 5.11 Å². The first-order valence-electron chi connectivity index (χ1n) is 6.57. The lowest BCUT2D eigenvalue weighted by Gasteiger charge is -2.10. The maximum absolute atomic E-state index is 11.9. The Morgan fingerprint density at radius 2 is 1.91 bits per heavy atom. The van der Waals surface area contributed by atoms with Gasteiger partial charge in [0, 0.05) is 40.9 Å². The van der Waals surface area contributed by atoms with Gasteiger partial charge in [-0.3, -0.25) is 14.3 Å². The number of nitrogens with zero attached hydrogens (tertiary/aromatic N) is 5. The molecular formula is C16H11N5O. The molecule has 2 heterocycles. The van der Waals surface area contributed by atoms with Crippen molar-refractivity contribution in [3.63, 3.8) is 0 Å². The third-order valence-corrected chi connectivity index (χ3v) is 3.22. The molecule has 1 aromatic carbocycles. The Labute approximate surface area is 125 Å². The molecule has 6 nitrogen and oxygen atoms in total. The minimum absolute atomic E-state index is 0.125. The second-order valence-corrected chi connectivity index (χ2v) is 4.54. The molecule has 0 saturated carbocycles. The van der Waals surface area contributed by atoms with Crippen LogP contribution in [0.25, 0.3) is 27.3 Å². The van der Waals surface area contributed by atoms with Crippen LogP contribution in [0.15, 0.2) is 77.0 Å². The van der Waals surface area contributed by atoms with Crippen LogP contribution in [0.5, 0.6) is 0 Å². The minimum Gasteiger partial charge on any atom is -0.284 e. The molecule has 6 heteroatoms. The van der Waals surface area contributed by atoms with Crippen LogP contribution >= 0.6 is 0 Å². The van der Waals surface area contributed by atoms with Crippen LogP contribution in [0.2, 0.25) is 0 Å². The fourth-order valence-corrected chi connectivity index (χ4v) is 2.21. The van der Waals surface area contributed by atoms with E-state index in [1.165, 1.54) is 10.6 Å². The smallest absolute Gasteiger partial charge is 0.255 e. The SMILES string of the molecule is [N-]=[N+]=Nc1ccc(-n2ccccc2=O)cc1-c1ccncc1. The van der Waals surface area contributed by atoms with E-state index in [2.05, 4.69) is 15.0 Å². The van der Waals surface area contributed by atoms with Gasteiger partial charge in [0.05, 0.1) is 0 Å². The Morgan fingerprint density at radius 1 is 1.09 bits per heavy atom. The molecule has 0 radical (unpaired) electrons. The second-order valence-electron chi connectivity index (χ2n) is 4.54. The molecule has 0 aliphatic carbocycles. The van der Waals surface area contributed by atoms with E-state index in [4.69, 9.17) is 5.53 Å². The lowest BCUT2D eigenvalue weighted by atomic mass is 10.0. The zero-order valence-electron chi connectivity index (χ0n) is 11.5. The first-order valence-corrected chi connectivity index (χ1v) is 6.57. The molecular weight excluding hydrogens is 278 g/mol. The first-order chi connectivity index (χ1) is 10.8. The summed E-state index contributed by atoms with van der Waals surface area (Å²) in [5.74, 6) is 0. The zero-order chi connectivity index (χ0) is 15.4. The van der Waals surface area contributed by atoms with E-state index in [9.17, 15) is 4.79 Å². The Hall–Kier alpha value is -3.37. The zero-order valence-corrected chi connectivity index (χ0v) is 11.5. The van der Waals surface area contributed by atoms with Crippen LogP contribution in [0.3, 0.4) is 0 Å². The Bertz CT molecular complexity index is 911. The van der Waals surface area contributed by atoms with Gasteiger partial charge in [0.1, 0.15) is 0 Å². The van der Waals surface area contributed by atoms with E-state index < -0.39 is 0 Å². The number of pyridine rings is 2. The predicted octanol–water partition coefficient (Wildman–Crippen LogP) is 3.84. The fourth-order valence-electron chi connectivity index (χ4n) is 2.21. The predicted molar refractivity (Wildman–Crippen MR) is 84.1 cm³/mol. The molecule has 0 fully saturated rings. The molecule has 2 aromatic heterocycles. The fraction of sp³-hybridized carbons (Fsp3) is 0. The summed E-state index contributed by atoms with van der Waals surface area (Å²) in [4.78, 5) is 18.8. The molecule has 3 rings (SSSR count). The average molecular weight is 289 g/mol. The van der Waals surface area contributed by atoms with Gasteiger partial charge in [-0.1, -0.05) is 11.2 Å². The van der Waals surface area contributed by atoms with Gasteiger partial charge in [0.25, 0.3) is 5.56 Å². The highest BCUT2D eigenvalue weighted by atomic mass is 16.1. The van der Waals surface area contributed by atoms with Gasteiger partial charge in [-0.05, 0) is 53.1 Å². The van der Waals surface area contributed by atoms with Gasteiger partial charge >= 0.3 is 0 Å². The van der Waals surface area contributed by atoms with Crippen molar-refractivity contribution >= 4 is 5.69 Å². The molecule has 0 aliphatic rings. The van der Waals surface area contributed by atoms with Gasteiger partial charge in [-0.25, -0.2) is 0 Å². The summed E-state index contributed by atoms with van der Waals surface area (Å²) in [5.41, 5.74) is 11.4. The summed E-state index contributed by atoms with van der Waals surface area (Å²) in [5, 5.41) is 3.71. The number of hydrogen-bond donors (Lipinski definition) is 0. The number of hydrogen-bond acceptors (Lipinski definition) is 3. The van der Waals surface area contributed by atoms with Gasteiger partial charge in [0.15, 0.2) is 0 Å². The monoisotopic (exact) mass is 289 g/mol. The third-order valence-electron chi connectivity index (χ3n) is 3.22. The summed E-state index contributed by atoms with van der Waals surface area (Å²) >= 11 is 0. The van der Waals surface area contributed by atoms with E-state index in [0.717, 1.165) is 11.1 Å². The molecule has 0 saturated heterocycles. The highest BCUT2D eigenvalue weighted by Gasteiger charge is 2.07. The molecule has 22 heavy (non-hydrogen) atoms. The van der Waals surface area contributed by atoms with E-state index >= 15 is 0 Å². The van der Waals surface area contributed by atoms with Gasteiger partial charge in [-0.15, -0.1) is 0 Å². The summed E-state index contributed by atoms with van der Waals surface area (Å²) < 4.78 is 1.53. The van der Waals surface area contributed by atoms with E-state index in [-0.39, 0.29) is 5.56 Å². The van der Waals surface area contributed by atoms with E-state index in [0.29, 0.717) is 11.4 Å². The maximum Gasteiger partial charge on any atom is 0.255 e. The van der Waals surface area contributed by atoms with Crippen molar-refractivity contribution in [1.29, 1.82) is 0 Å². The number of aromatic nitrogens is 2. The van der Waals surface area contributed by atoms with Crippen LogP contribution in [-0.4, -0.2) is 9.55 Å². The van der Waals surface area contributed by atoms with Gasteiger partial charge in [-0.2, -0.15) is 0 Å². The van der Waals surface area contributed by atoms with Crippen LogP contribution in [0.4, 0.5) is 5.69 Å². The highest BCUT2D eigenvalue weighted by Crippen LogP contribution is 2.31. The number of rotatable bonds is 3. The minimum atomic E-state index is -0.125. The quantitative estimate of drug-likeness (QED) is 0.417. The van der Waals surface area contributed by atoms with Crippen molar-refractivity contribution in [3.05, 3.63) is 87.9 Å². The van der Waals surface area contributed by atoms with E-state index in [1.807, 2.05) is 18.2 Å². The Morgan fingerprint density at radius 3 is 2.64 bits per heavy atom. The molecule has 0 bridgehead atoms. The van der Waals surface area contributed by atoms with Crippen LogP contribution < -0.4 is 5.56 Å². The average Bonchev–Trinajstić information content (AvgIpc) is 2.57. The van der Waals surface area contributed by atoms with Crippen LogP contribution in [0, 0.1) is 0 Å². The topological polar surface area (TPSA) is 83.7 Å². The summed E-state index contributed by atoms with van der Waals surface area (Å²) in [6, 6.07) is 13.9. The normalized spacial score (nSPS) is 10.0. The van der Waals surface area contributed by atoms with Crippen molar-refractivity contribution in [3.8, 4) is 16.8 Å². The first kappa shape index (κ1) is 13.6. The maximum atomic E-state index is 11.9. The lowest BCUT2D eigenvalue weighted by Crippen LogP contribution is -2.15. The molecule has 3 aromatic rings. The molecule has 0 aliphatic heterocycles. The summed E-state index contributed by atoms with van der Waals surface area (Å²) in [6.45, 7) is 0. The van der Waals surface area contributed by atoms with Gasteiger partial charge in [0.2, 0.25) is 0 Å².